The molecule has 0 radical (unpaired) electrons. The average molecular weight is 416 g/mol. The van der Waals surface area contributed by atoms with Crippen LogP contribution < -0.4 is 9.21 Å². The van der Waals surface area contributed by atoms with Crippen LogP contribution in [0.4, 0.5) is 11.4 Å². The van der Waals surface area contributed by atoms with Gasteiger partial charge in [-0.05, 0) is 55.2 Å². The number of carbonyl (C=O) groups excluding carboxylic acids is 1. The molecule has 0 atom stereocenters. The lowest BCUT2D eigenvalue weighted by atomic mass is 10.1. The second-order valence-electron chi connectivity index (χ2n) is 7.82. The highest BCUT2D eigenvalue weighted by molar-refractivity contribution is 7.92. The molecule has 0 spiro atoms. The number of nitrogens with zero attached hydrogens (tertiary/aromatic N) is 3. The molecular weight excluding hydrogens is 386 g/mol. The third-order valence-corrected chi connectivity index (χ3v) is 7.15. The molecule has 2 aromatic rings. The Morgan fingerprint density at radius 1 is 1.03 bits per heavy atom. The van der Waals surface area contributed by atoms with Gasteiger partial charge in [0.2, 0.25) is 10.0 Å². The number of hydrogen-bond donors (Lipinski definition) is 0. The van der Waals surface area contributed by atoms with Crippen LogP contribution in [0.1, 0.15) is 34.3 Å². The highest BCUT2D eigenvalue weighted by Crippen LogP contribution is 2.28. The lowest BCUT2D eigenvalue weighted by Gasteiger charge is -2.30. The standard InChI is InChI=1S/C22H29N3O3S/c1-17-7-10-19(15-21(17)25-13-5-6-14-29(25,27)28)22(26)24(4)16-18-8-11-20(12-9-18)23(2)3/h7-12,15H,5-6,13-14,16H2,1-4H3. The van der Waals surface area contributed by atoms with Gasteiger partial charge in [-0.1, -0.05) is 18.2 Å². The Morgan fingerprint density at radius 2 is 1.72 bits per heavy atom. The van der Waals surface area contributed by atoms with E-state index in [1.54, 1.807) is 24.1 Å². The molecule has 2 aromatic carbocycles. The van der Waals surface area contributed by atoms with Gasteiger partial charge in [0, 0.05) is 45.5 Å². The van der Waals surface area contributed by atoms with Gasteiger partial charge in [-0.2, -0.15) is 0 Å². The van der Waals surface area contributed by atoms with Gasteiger partial charge in [0.15, 0.2) is 0 Å². The molecule has 0 saturated carbocycles. The van der Waals surface area contributed by atoms with Gasteiger partial charge in [-0.3, -0.25) is 9.10 Å². The Hall–Kier alpha value is -2.54. The van der Waals surface area contributed by atoms with Crippen LogP contribution in [0.3, 0.4) is 0 Å². The predicted octanol–water partition coefficient (Wildman–Crippen LogP) is 3.26. The molecule has 156 valence electrons. The van der Waals surface area contributed by atoms with Crippen LogP contribution in [0.5, 0.6) is 0 Å². The van der Waals surface area contributed by atoms with Crippen molar-refractivity contribution in [3.63, 3.8) is 0 Å². The molecule has 7 heteroatoms. The summed E-state index contributed by atoms with van der Waals surface area (Å²) in [5.74, 6) is 0.0327. The van der Waals surface area contributed by atoms with Crippen molar-refractivity contribution in [3.8, 4) is 0 Å². The normalized spacial score (nSPS) is 15.8. The summed E-state index contributed by atoms with van der Waals surface area (Å²) in [6.07, 6.45) is 1.52. The summed E-state index contributed by atoms with van der Waals surface area (Å²) >= 11 is 0. The minimum absolute atomic E-state index is 0.127. The fourth-order valence-corrected chi connectivity index (χ4v) is 5.23. The monoisotopic (exact) mass is 415 g/mol. The number of amides is 1. The molecule has 0 aliphatic carbocycles. The Morgan fingerprint density at radius 3 is 2.34 bits per heavy atom. The molecule has 1 amide bonds. The van der Waals surface area contributed by atoms with Gasteiger partial charge in [-0.25, -0.2) is 8.42 Å². The van der Waals surface area contributed by atoms with Crippen LogP contribution in [0.25, 0.3) is 0 Å². The predicted molar refractivity (Wildman–Crippen MR) is 118 cm³/mol. The van der Waals surface area contributed by atoms with E-state index < -0.39 is 10.0 Å². The molecule has 1 saturated heterocycles. The smallest absolute Gasteiger partial charge is 0.253 e. The Kier molecular flexibility index (Phi) is 6.17. The van der Waals surface area contributed by atoms with Crippen LogP contribution in [0.2, 0.25) is 0 Å². The number of rotatable bonds is 5. The number of aryl methyl sites for hydroxylation is 1. The van der Waals surface area contributed by atoms with Crippen molar-refractivity contribution in [2.45, 2.75) is 26.3 Å². The van der Waals surface area contributed by atoms with Gasteiger partial charge in [0.05, 0.1) is 11.4 Å². The Bertz CT molecular complexity index is 985. The average Bonchev–Trinajstić information content (AvgIpc) is 2.68. The molecule has 1 fully saturated rings. The number of benzene rings is 2. The maximum atomic E-state index is 13.0. The molecule has 0 unspecified atom stereocenters. The minimum atomic E-state index is -3.32. The lowest BCUT2D eigenvalue weighted by molar-refractivity contribution is 0.0785. The lowest BCUT2D eigenvalue weighted by Crippen LogP contribution is -2.38. The molecule has 1 aliphatic heterocycles. The summed E-state index contributed by atoms with van der Waals surface area (Å²) in [4.78, 5) is 16.7. The maximum Gasteiger partial charge on any atom is 0.253 e. The highest BCUT2D eigenvalue weighted by atomic mass is 32.2. The zero-order valence-electron chi connectivity index (χ0n) is 17.6. The van der Waals surface area contributed by atoms with Crippen molar-refractivity contribution in [1.82, 2.24) is 4.90 Å². The second-order valence-corrected chi connectivity index (χ2v) is 9.83. The summed E-state index contributed by atoms with van der Waals surface area (Å²) < 4.78 is 26.4. The molecule has 6 nitrogen and oxygen atoms in total. The van der Waals surface area contributed by atoms with E-state index in [0.29, 0.717) is 30.8 Å². The van der Waals surface area contributed by atoms with Gasteiger partial charge in [0.25, 0.3) is 5.91 Å². The number of carbonyl (C=O) groups is 1. The Labute approximate surface area is 173 Å². The minimum Gasteiger partial charge on any atom is -0.378 e. The zero-order chi connectivity index (χ0) is 21.2. The summed E-state index contributed by atoms with van der Waals surface area (Å²) in [7, 11) is 2.42. The first kappa shape index (κ1) is 21.2. The number of sulfonamides is 1. The van der Waals surface area contributed by atoms with E-state index in [0.717, 1.165) is 23.2 Å². The summed E-state index contributed by atoms with van der Waals surface area (Å²) in [5.41, 5.74) is 4.11. The van der Waals surface area contributed by atoms with Crippen molar-refractivity contribution in [1.29, 1.82) is 0 Å². The molecule has 0 bridgehead atoms. The third kappa shape index (κ3) is 4.72. The van der Waals surface area contributed by atoms with E-state index in [-0.39, 0.29) is 11.7 Å². The fraction of sp³-hybridized carbons (Fsp3) is 0.409. The SMILES string of the molecule is Cc1ccc(C(=O)N(C)Cc2ccc(N(C)C)cc2)cc1N1CCCCS1(=O)=O. The molecule has 3 rings (SSSR count). The van der Waals surface area contributed by atoms with E-state index in [4.69, 9.17) is 0 Å². The molecular formula is C22H29N3O3S. The molecule has 29 heavy (non-hydrogen) atoms. The number of anilines is 2. The van der Waals surface area contributed by atoms with E-state index in [9.17, 15) is 13.2 Å². The van der Waals surface area contributed by atoms with Crippen molar-refractivity contribution in [2.24, 2.45) is 0 Å². The van der Waals surface area contributed by atoms with Crippen molar-refractivity contribution in [2.75, 3.05) is 42.6 Å². The zero-order valence-corrected chi connectivity index (χ0v) is 18.4. The molecule has 1 heterocycles. The third-order valence-electron chi connectivity index (χ3n) is 5.29. The number of hydrogen-bond acceptors (Lipinski definition) is 4. The second kappa shape index (κ2) is 8.45. The Balaban J connectivity index is 1.80. The van der Waals surface area contributed by atoms with Crippen molar-refractivity contribution < 1.29 is 13.2 Å². The van der Waals surface area contributed by atoms with Gasteiger partial charge >= 0.3 is 0 Å². The van der Waals surface area contributed by atoms with E-state index in [1.807, 2.05) is 56.3 Å². The summed E-state index contributed by atoms with van der Waals surface area (Å²) in [6, 6.07) is 13.4. The van der Waals surface area contributed by atoms with Crippen LogP contribution >= 0.6 is 0 Å². The first-order valence-corrected chi connectivity index (χ1v) is 11.4. The first-order valence-electron chi connectivity index (χ1n) is 9.82. The largest absolute Gasteiger partial charge is 0.378 e. The first-order chi connectivity index (χ1) is 13.7. The van der Waals surface area contributed by atoms with Crippen LogP contribution in [-0.2, 0) is 16.6 Å². The fourth-order valence-electron chi connectivity index (χ4n) is 3.54. The van der Waals surface area contributed by atoms with E-state index in [2.05, 4.69) is 0 Å². The quantitative estimate of drug-likeness (QED) is 0.752. The molecule has 0 N–H and O–H groups in total. The van der Waals surface area contributed by atoms with Crippen molar-refractivity contribution >= 4 is 27.3 Å². The van der Waals surface area contributed by atoms with Crippen LogP contribution in [0.15, 0.2) is 42.5 Å². The topological polar surface area (TPSA) is 60.9 Å². The van der Waals surface area contributed by atoms with E-state index in [1.165, 1.54) is 4.31 Å². The van der Waals surface area contributed by atoms with E-state index >= 15 is 0 Å². The molecule has 0 aromatic heterocycles. The van der Waals surface area contributed by atoms with Crippen LogP contribution in [-0.4, -0.2) is 52.7 Å². The summed E-state index contributed by atoms with van der Waals surface area (Å²) in [6.45, 7) is 2.83. The molecule has 1 aliphatic rings. The highest BCUT2D eigenvalue weighted by Gasteiger charge is 2.28. The van der Waals surface area contributed by atoms with Gasteiger partial charge < -0.3 is 9.80 Å². The summed E-state index contributed by atoms with van der Waals surface area (Å²) in [5, 5.41) is 0. The maximum absolute atomic E-state index is 13.0. The van der Waals surface area contributed by atoms with Gasteiger partial charge in [0.1, 0.15) is 0 Å². The van der Waals surface area contributed by atoms with Gasteiger partial charge in [-0.15, -0.1) is 0 Å². The van der Waals surface area contributed by atoms with Crippen molar-refractivity contribution in [3.05, 3.63) is 59.2 Å². The van der Waals surface area contributed by atoms with Crippen LogP contribution in [0, 0.1) is 6.92 Å².